The van der Waals surface area contributed by atoms with Crippen LogP contribution < -0.4 is 27.0 Å². The number of nitrogen functional groups attached to an aromatic ring is 1. The minimum absolute atomic E-state index is 0.130. The molecule has 3 aromatic rings. The summed E-state index contributed by atoms with van der Waals surface area (Å²) in [4.78, 5) is 41.2. The Labute approximate surface area is 230 Å². The smallest absolute Gasteiger partial charge is 0.331 e. The Morgan fingerprint density at radius 2 is 1.95 bits per heavy atom. The molecule has 1 saturated heterocycles. The number of halogens is 1. The highest BCUT2D eigenvalue weighted by Crippen LogP contribution is 2.30. The van der Waals surface area contributed by atoms with Crippen LogP contribution in [0.4, 0.5) is 16.2 Å². The summed E-state index contributed by atoms with van der Waals surface area (Å²) in [5, 5.41) is 14.2. The largest absolute Gasteiger partial charge is 0.493 e. The molecular weight excluding hydrogens is 522 g/mol. The number of carbonyl (C=O) groups excluding carboxylic acids is 1. The van der Waals surface area contributed by atoms with Gasteiger partial charge in [0.25, 0.3) is 5.56 Å². The number of amides is 2. The Kier molecular flexibility index (Phi) is 7.59. The molecular formula is C28H34ClN5O5. The zero-order chi connectivity index (χ0) is 27.8. The fraction of sp³-hybridized carbons (Fsp3) is 0.464. The summed E-state index contributed by atoms with van der Waals surface area (Å²) in [5.74, 6) is 0.596. The normalized spacial score (nSPS) is 19.5. The Hall–Kier alpha value is -3.50. The lowest BCUT2D eigenvalue weighted by Crippen LogP contribution is -2.49. The molecule has 10 nitrogen and oxygen atoms in total. The van der Waals surface area contributed by atoms with Crippen LogP contribution in [0.25, 0.3) is 10.9 Å². The molecule has 2 atom stereocenters. The van der Waals surface area contributed by atoms with Crippen molar-refractivity contribution in [3.05, 3.63) is 62.3 Å². The van der Waals surface area contributed by atoms with Crippen molar-refractivity contribution in [1.82, 2.24) is 14.0 Å². The molecule has 0 bridgehead atoms. The maximum atomic E-state index is 13.3. The number of carbonyl (C=O) groups is 1. The standard InChI is InChI=1S/C28H34ClN5O5/c1-16(2)34-24-8-5-19(11-21(24)26(36)33(28(34)38)13-17-3-4-17)31-27(37)32-10-9-25(35)18(14-32)15-39-20-6-7-23(30)22(29)12-20/h5-8,11-12,16-18,25,35H,3-4,9-10,13-15,30H2,1-2H3,(H,31,37). The fourth-order valence-corrected chi connectivity index (χ4v) is 5.22. The van der Waals surface area contributed by atoms with E-state index in [-0.39, 0.29) is 35.8 Å². The third-order valence-corrected chi connectivity index (χ3v) is 7.82. The van der Waals surface area contributed by atoms with E-state index in [1.165, 1.54) is 4.57 Å². The minimum atomic E-state index is -0.614. The summed E-state index contributed by atoms with van der Waals surface area (Å²) < 4.78 is 8.78. The topological polar surface area (TPSA) is 132 Å². The number of aliphatic hydroxyl groups excluding tert-OH is 1. The SMILES string of the molecule is CC(C)n1c(=O)n(CC2CC2)c(=O)c2cc(NC(=O)N3CCC(O)C(COc4ccc(N)c(Cl)c4)C3)ccc21. The van der Waals surface area contributed by atoms with Gasteiger partial charge in [0.05, 0.1) is 34.3 Å². The first kappa shape index (κ1) is 27.1. The third kappa shape index (κ3) is 5.77. The van der Waals surface area contributed by atoms with E-state index in [0.29, 0.717) is 65.0 Å². The van der Waals surface area contributed by atoms with Crippen LogP contribution in [0.15, 0.2) is 46.0 Å². The third-order valence-electron chi connectivity index (χ3n) is 7.49. The molecule has 2 unspecified atom stereocenters. The average molecular weight is 556 g/mol. The number of aliphatic hydroxyl groups is 1. The molecule has 1 aliphatic heterocycles. The predicted molar refractivity (Wildman–Crippen MR) is 152 cm³/mol. The quantitative estimate of drug-likeness (QED) is 0.381. The van der Waals surface area contributed by atoms with Crippen molar-refractivity contribution >= 4 is 39.9 Å². The van der Waals surface area contributed by atoms with Crippen molar-refractivity contribution in [2.45, 2.75) is 51.8 Å². The highest BCUT2D eigenvalue weighted by molar-refractivity contribution is 6.33. The molecule has 1 aliphatic carbocycles. The number of nitrogens with two attached hydrogens (primary N) is 1. The molecule has 2 heterocycles. The second kappa shape index (κ2) is 10.9. The van der Waals surface area contributed by atoms with E-state index in [1.807, 2.05) is 13.8 Å². The van der Waals surface area contributed by atoms with Crippen LogP contribution in [0.3, 0.4) is 0 Å². The number of fused-ring (bicyclic) bond motifs is 1. The number of benzene rings is 2. The number of nitrogens with zero attached hydrogens (tertiary/aromatic N) is 3. The average Bonchev–Trinajstić information content (AvgIpc) is 3.72. The Balaban J connectivity index is 1.32. The maximum Gasteiger partial charge on any atom is 0.331 e. The monoisotopic (exact) mass is 555 g/mol. The molecule has 208 valence electrons. The van der Waals surface area contributed by atoms with Gasteiger partial charge in [-0.2, -0.15) is 0 Å². The molecule has 4 N–H and O–H groups in total. The van der Waals surface area contributed by atoms with Crippen molar-refractivity contribution in [1.29, 1.82) is 0 Å². The van der Waals surface area contributed by atoms with Gasteiger partial charge in [-0.05, 0) is 69.4 Å². The molecule has 1 aromatic heterocycles. The molecule has 1 saturated carbocycles. The van der Waals surface area contributed by atoms with Crippen LogP contribution in [0.5, 0.6) is 5.75 Å². The zero-order valence-electron chi connectivity index (χ0n) is 22.1. The number of nitrogens with one attached hydrogen (secondary N) is 1. The second-order valence-electron chi connectivity index (χ2n) is 10.8. The van der Waals surface area contributed by atoms with E-state index in [2.05, 4.69) is 5.32 Å². The van der Waals surface area contributed by atoms with Gasteiger partial charge in [-0.15, -0.1) is 0 Å². The van der Waals surface area contributed by atoms with Crippen molar-refractivity contribution in [2.75, 3.05) is 30.7 Å². The van der Waals surface area contributed by atoms with Gasteiger partial charge in [-0.1, -0.05) is 11.6 Å². The van der Waals surface area contributed by atoms with Crippen LogP contribution in [-0.2, 0) is 6.54 Å². The number of anilines is 2. The number of ether oxygens (including phenoxy) is 1. The highest BCUT2D eigenvalue weighted by Gasteiger charge is 2.31. The maximum absolute atomic E-state index is 13.3. The first-order valence-electron chi connectivity index (χ1n) is 13.3. The summed E-state index contributed by atoms with van der Waals surface area (Å²) >= 11 is 6.06. The molecule has 11 heteroatoms. The van der Waals surface area contributed by atoms with Gasteiger partial charge in [0.1, 0.15) is 5.75 Å². The molecule has 0 spiro atoms. The molecule has 5 rings (SSSR count). The van der Waals surface area contributed by atoms with Crippen molar-refractivity contribution in [3.63, 3.8) is 0 Å². The van der Waals surface area contributed by atoms with Crippen LogP contribution >= 0.6 is 11.6 Å². The van der Waals surface area contributed by atoms with Crippen molar-refractivity contribution in [3.8, 4) is 5.75 Å². The van der Waals surface area contributed by atoms with E-state index in [0.717, 1.165) is 12.8 Å². The van der Waals surface area contributed by atoms with E-state index < -0.39 is 6.10 Å². The number of hydrogen-bond donors (Lipinski definition) is 3. The lowest BCUT2D eigenvalue weighted by Gasteiger charge is -2.36. The van der Waals surface area contributed by atoms with Crippen molar-refractivity contribution < 1.29 is 14.6 Å². The van der Waals surface area contributed by atoms with Gasteiger partial charge in [0.2, 0.25) is 0 Å². The molecule has 0 radical (unpaired) electrons. The first-order chi connectivity index (χ1) is 18.6. The van der Waals surface area contributed by atoms with E-state index in [1.54, 1.807) is 45.9 Å². The lowest BCUT2D eigenvalue weighted by molar-refractivity contribution is 0.0194. The van der Waals surface area contributed by atoms with Gasteiger partial charge in [-0.3, -0.25) is 13.9 Å². The molecule has 2 amide bonds. The summed E-state index contributed by atoms with van der Waals surface area (Å²) in [6, 6.07) is 9.57. The van der Waals surface area contributed by atoms with Gasteiger partial charge < -0.3 is 25.8 Å². The predicted octanol–water partition coefficient (Wildman–Crippen LogP) is 3.68. The van der Waals surface area contributed by atoms with Gasteiger partial charge in [0.15, 0.2) is 0 Å². The number of rotatable bonds is 7. The van der Waals surface area contributed by atoms with Crippen molar-refractivity contribution in [2.24, 2.45) is 11.8 Å². The van der Waals surface area contributed by atoms with Gasteiger partial charge >= 0.3 is 11.7 Å². The van der Waals surface area contributed by atoms with Crippen LogP contribution in [0.1, 0.15) is 39.2 Å². The Morgan fingerprint density at radius 1 is 1.18 bits per heavy atom. The summed E-state index contributed by atoms with van der Waals surface area (Å²) in [5.41, 5.74) is 6.58. The Morgan fingerprint density at radius 3 is 2.64 bits per heavy atom. The minimum Gasteiger partial charge on any atom is -0.493 e. The molecule has 2 aromatic carbocycles. The summed E-state index contributed by atoms with van der Waals surface area (Å²) in [6.45, 7) is 5.12. The fourth-order valence-electron chi connectivity index (χ4n) is 5.05. The van der Waals surface area contributed by atoms with E-state index in [4.69, 9.17) is 22.1 Å². The second-order valence-corrected chi connectivity index (χ2v) is 11.2. The summed E-state index contributed by atoms with van der Waals surface area (Å²) in [6.07, 6.45) is 1.84. The zero-order valence-corrected chi connectivity index (χ0v) is 22.9. The number of likely N-dealkylation sites (tertiary alicyclic amines) is 1. The number of piperidine rings is 1. The summed E-state index contributed by atoms with van der Waals surface area (Å²) in [7, 11) is 0. The van der Waals surface area contributed by atoms with E-state index >= 15 is 0 Å². The number of hydrogen-bond acceptors (Lipinski definition) is 6. The lowest BCUT2D eigenvalue weighted by atomic mass is 9.96. The van der Waals surface area contributed by atoms with E-state index in [9.17, 15) is 19.5 Å². The Bertz CT molecular complexity index is 1510. The van der Waals surface area contributed by atoms with Crippen LogP contribution in [0.2, 0.25) is 5.02 Å². The van der Waals surface area contributed by atoms with Crippen LogP contribution in [-0.4, -0.2) is 51.0 Å². The number of urea groups is 1. The molecule has 39 heavy (non-hydrogen) atoms. The van der Waals surface area contributed by atoms with Gasteiger partial charge in [0, 0.05) is 43.3 Å². The first-order valence-corrected chi connectivity index (χ1v) is 13.7. The highest BCUT2D eigenvalue weighted by atomic mass is 35.5. The molecule has 2 fully saturated rings. The van der Waals surface area contributed by atoms with Gasteiger partial charge in [-0.25, -0.2) is 9.59 Å². The number of aromatic nitrogens is 2. The molecule has 2 aliphatic rings. The van der Waals surface area contributed by atoms with Crippen LogP contribution in [0, 0.1) is 11.8 Å².